The minimum Gasteiger partial charge on any atom is -0.366 e. The molecule has 2 amide bonds. The highest BCUT2D eigenvalue weighted by atomic mass is 19.1. The minimum absolute atomic E-state index is 0.144. The summed E-state index contributed by atoms with van der Waals surface area (Å²) in [5.74, 6) is 1.39. The van der Waals surface area contributed by atoms with E-state index in [9.17, 15) is 9.18 Å². The Labute approximate surface area is 199 Å². The first-order valence-electron chi connectivity index (χ1n) is 12.3. The number of anilines is 2. The van der Waals surface area contributed by atoms with Gasteiger partial charge in [-0.1, -0.05) is 12.1 Å². The highest BCUT2D eigenvalue weighted by molar-refractivity contribution is 5.91. The van der Waals surface area contributed by atoms with E-state index in [-0.39, 0.29) is 17.4 Å². The number of urea groups is 1. The van der Waals surface area contributed by atoms with Crippen molar-refractivity contribution in [2.24, 2.45) is 0 Å². The van der Waals surface area contributed by atoms with Crippen molar-refractivity contribution >= 4 is 17.5 Å². The van der Waals surface area contributed by atoms with Gasteiger partial charge in [-0.2, -0.15) is 4.98 Å². The second-order valence-electron chi connectivity index (χ2n) is 10.3. The number of carbonyl (C=O) groups excluding carboxylic acids is 1. The number of piperazine rings is 1. The highest BCUT2D eigenvalue weighted by Crippen LogP contribution is 2.43. The van der Waals surface area contributed by atoms with Crippen LogP contribution in [0.5, 0.6) is 0 Å². The summed E-state index contributed by atoms with van der Waals surface area (Å²) in [7, 11) is 0. The van der Waals surface area contributed by atoms with Gasteiger partial charge in [0, 0.05) is 56.9 Å². The van der Waals surface area contributed by atoms with Gasteiger partial charge in [0.2, 0.25) is 5.89 Å². The maximum Gasteiger partial charge on any atom is 0.323 e. The standard InChI is InChI=1S/C24H34FN7O2/c1-16(2)30-11-13-31(14-12-30)19-5-4-8-26-20(19)27-23(33)32-9-6-24(3,7-10-32)22-28-21(34-29-22)17-15-18(17)25/h4-5,8,16-18H,6-7,9-15H2,1-3H3,(H,26,27,33)/t17-,18+/m1/s1. The Bertz CT molecular complexity index is 1010. The van der Waals surface area contributed by atoms with Gasteiger partial charge in [-0.05, 0) is 45.2 Å². The summed E-state index contributed by atoms with van der Waals surface area (Å²) in [6, 6.07) is 4.33. The van der Waals surface area contributed by atoms with Crippen molar-refractivity contribution in [3.8, 4) is 0 Å². The molecule has 5 rings (SSSR count). The molecule has 34 heavy (non-hydrogen) atoms. The molecule has 0 aromatic carbocycles. The molecule has 0 spiro atoms. The average Bonchev–Trinajstić information content (AvgIpc) is 3.36. The number of aromatic nitrogens is 3. The first-order valence-corrected chi connectivity index (χ1v) is 12.3. The second kappa shape index (κ2) is 9.13. The number of hydrogen-bond donors (Lipinski definition) is 1. The van der Waals surface area contributed by atoms with E-state index in [0.29, 0.717) is 43.1 Å². The molecule has 0 radical (unpaired) electrons. The van der Waals surface area contributed by atoms with Gasteiger partial charge in [-0.15, -0.1) is 0 Å². The quantitative estimate of drug-likeness (QED) is 0.715. The van der Waals surface area contributed by atoms with Gasteiger partial charge < -0.3 is 14.3 Å². The molecule has 0 bridgehead atoms. The lowest BCUT2D eigenvalue weighted by atomic mass is 9.80. The number of hydrogen-bond acceptors (Lipinski definition) is 7. The Morgan fingerprint density at radius 1 is 1.21 bits per heavy atom. The lowest BCUT2D eigenvalue weighted by Gasteiger charge is -2.39. The number of alkyl halides is 1. The fourth-order valence-electron chi connectivity index (χ4n) is 4.89. The zero-order chi connectivity index (χ0) is 23.9. The number of nitrogens with one attached hydrogen (secondary N) is 1. The number of carbonyl (C=O) groups is 1. The number of rotatable bonds is 5. The first-order chi connectivity index (χ1) is 16.3. The van der Waals surface area contributed by atoms with Crippen LogP contribution in [0.1, 0.15) is 57.7 Å². The normalized spacial score (nSPS) is 25.0. The van der Waals surface area contributed by atoms with Crippen LogP contribution < -0.4 is 10.2 Å². The molecule has 3 aliphatic rings. The van der Waals surface area contributed by atoms with Crippen molar-refractivity contribution in [3.63, 3.8) is 0 Å². The Hall–Kier alpha value is -2.75. The summed E-state index contributed by atoms with van der Waals surface area (Å²) in [5, 5.41) is 7.17. The molecule has 1 N–H and O–H groups in total. The van der Waals surface area contributed by atoms with E-state index in [1.54, 1.807) is 6.20 Å². The van der Waals surface area contributed by atoms with Crippen LogP contribution in [0.25, 0.3) is 0 Å². The van der Waals surface area contributed by atoms with Gasteiger partial charge in [0.1, 0.15) is 6.17 Å². The highest BCUT2D eigenvalue weighted by Gasteiger charge is 2.45. The molecule has 1 saturated carbocycles. The van der Waals surface area contributed by atoms with Crippen molar-refractivity contribution in [2.45, 2.75) is 63.6 Å². The van der Waals surface area contributed by atoms with Gasteiger partial charge in [0.25, 0.3) is 0 Å². The fraction of sp³-hybridized carbons (Fsp3) is 0.667. The van der Waals surface area contributed by atoms with Crippen LogP contribution in [0.3, 0.4) is 0 Å². The Morgan fingerprint density at radius 3 is 2.56 bits per heavy atom. The third kappa shape index (κ3) is 4.60. The third-order valence-electron chi connectivity index (χ3n) is 7.56. The molecule has 4 heterocycles. The van der Waals surface area contributed by atoms with Gasteiger partial charge in [-0.25, -0.2) is 14.2 Å². The summed E-state index contributed by atoms with van der Waals surface area (Å²) in [4.78, 5) is 28.6. The van der Waals surface area contributed by atoms with E-state index in [1.807, 2.05) is 17.0 Å². The van der Waals surface area contributed by atoms with Crippen LogP contribution in [-0.2, 0) is 5.41 Å². The topological polar surface area (TPSA) is 90.6 Å². The van der Waals surface area contributed by atoms with E-state index < -0.39 is 6.17 Å². The number of likely N-dealkylation sites (tertiary alicyclic amines) is 1. The molecule has 2 aromatic heterocycles. The van der Waals surface area contributed by atoms with Gasteiger partial charge in [0.05, 0.1) is 11.6 Å². The van der Waals surface area contributed by atoms with Crippen molar-refractivity contribution in [1.82, 2.24) is 24.9 Å². The van der Waals surface area contributed by atoms with Crippen molar-refractivity contribution in [3.05, 3.63) is 30.0 Å². The number of halogens is 1. The maximum absolute atomic E-state index is 13.3. The third-order valence-corrected chi connectivity index (χ3v) is 7.56. The smallest absolute Gasteiger partial charge is 0.323 e. The minimum atomic E-state index is -0.859. The molecule has 0 unspecified atom stereocenters. The fourth-order valence-corrected chi connectivity index (χ4v) is 4.89. The van der Waals surface area contributed by atoms with Crippen molar-refractivity contribution < 1.29 is 13.7 Å². The molecular formula is C24H34FN7O2. The lowest BCUT2D eigenvalue weighted by Crippen LogP contribution is -2.49. The van der Waals surface area contributed by atoms with Crippen LogP contribution in [0.15, 0.2) is 22.9 Å². The summed E-state index contributed by atoms with van der Waals surface area (Å²) in [6.07, 6.45) is 2.76. The molecule has 2 aliphatic heterocycles. The predicted molar refractivity (Wildman–Crippen MR) is 127 cm³/mol. The summed E-state index contributed by atoms with van der Waals surface area (Å²) >= 11 is 0. The molecule has 2 saturated heterocycles. The van der Waals surface area contributed by atoms with Crippen LogP contribution in [0, 0.1) is 0 Å². The zero-order valence-corrected chi connectivity index (χ0v) is 20.2. The van der Waals surface area contributed by atoms with E-state index >= 15 is 0 Å². The zero-order valence-electron chi connectivity index (χ0n) is 20.2. The SMILES string of the molecule is CC(C)N1CCN(c2cccnc2NC(=O)N2CCC(C)(c3noc([C@@H]4C[C@@H]4F)n3)CC2)CC1. The lowest BCUT2D eigenvalue weighted by molar-refractivity contribution is 0.169. The number of amides is 2. The molecule has 2 aromatic rings. The van der Waals surface area contributed by atoms with E-state index in [4.69, 9.17) is 4.52 Å². The van der Waals surface area contributed by atoms with Crippen LogP contribution in [0.4, 0.5) is 20.7 Å². The second-order valence-corrected chi connectivity index (χ2v) is 10.3. The van der Waals surface area contributed by atoms with Gasteiger partial charge in [0.15, 0.2) is 11.6 Å². The first kappa shape index (κ1) is 23.0. The van der Waals surface area contributed by atoms with Crippen molar-refractivity contribution in [1.29, 1.82) is 0 Å². The van der Waals surface area contributed by atoms with Gasteiger partial charge in [-0.3, -0.25) is 10.2 Å². The maximum atomic E-state index is 13.3. The van der Waals surface area contributed by atoms with Crippen LogP contribution >= 0.6 is 0 Å². The summed E-state index contributed by atoms with van der Waals surface area (Å²) < 4.78 is 18.6. The summed E-state index contributed by atoms with van der Waals surface area (Å²) in [5.41, 5.74) is 0.678. The van der Waals surface area contributed by atoms with Crippen LogP contribution in [-0.4, -0.2) is 82.4 Å². The van der Waals surface area contributed by atoms with E-state index in [1.165, 1.54) is 0 Å². The Morgan fingerprint density at radius 2 is 1.91 bits per heavy atom. The molecule has 3 fully saturated rings. The monoisotopic (exact) mass is 471 g/mol. The molecule has 1 aliphatic carbocycles. The van der Waals surface area contributed by atoms with Gasteiger partial charge >= 0.3 is 6.03 Å². The van der Waals surface area contributed by atoms with E-state index in [2.05, 4.69) is 51.0 Å². The molecule has 2 atom stereocenters. The number of pyridine rings is 1. The molecule has 184 valence electrons. The van der Waals surface area contributed by atoms with Crippen LogP contribution in [0.2, 0.25) is 0 Å². The predicted octanol–water partition coefficient (Wildman–Crippen LogP) is 3.41. The molecule has 10 heteroatoms. The molecular weight excluding hydrogens is 437 g/mol. The van der Waals surface area contributed by atoms with Crippen molar-refractivity contribution in [2.75, 3.05) is 49.5 Å². The largest absolute Gasteiger partial charge is 0.366 e. The number of piperidine rings is 1. The Kier molecular flexibility index (Phi) is 6.18. The number of nitrogens with zero attached hydrogens (tertiary/aromatic N) is 6. The Balaban J connectivity index is 1.19. The average molecular weight is 472 g/mol. The summed E-state index contributed by atoms with van der Waals surface area (Å²) in [6.45, 7) is 11.5. The molecule has 9 nitrogen and oxygen atoms in total. The van der Waals surface area contributed by atoms with E-state index in [0.717, 1.165) is 44.7 Å².